The third-order valence-electron chi connectivity index (χ3n) is 3.55. The molecular weight excluding hydrogens is 284 g/mol. The number of halogens is 1. The SMILES string of the molecule is Cc1ccc(NC(=O)c2cc3ccc(Cl)cc3n2C)cc1. The maximum atomic E-state index is 12.4. The number of anilines is 1. The van der Waals surface area contributed by atoms with Crippen molar-refractivity contribution in [1.82, 2.24) is 4.57 Å². The summed E-state index contributed by atoms with van der Waals surface area (Å²) in [5.74, 6) is -0.131. The number of hydrogen-bond acceptors (Lipinski definition) is 1. The maximum Gasteiger partial charge on any atom is 0.272 e. The Labute approximate surface area is 128 Å². The maximum absolute atomic E-state index is 12.4. The summed E-state index contributed by atoms with van der Waals surface area (Å²) >= 11 is 6.01. The third kappa shape index (κ3) is 2.65. The molecule has 4 heteroatoms. The summed E-state index contributed by atoms with van der Waals surface area (Å²) in [6.07, 6.45) is 0. The van der Waals surface area contributed by atoms with Crippen LogP contribution in [0.1, 0.15) is 16.1 Å². The number of nitrogens with one attached hydrogen (secondary N) is 1. The molecule has 0 aliphatic heterocycles. The minimum Gasteiger partial charge on any atom is -0.340 e. The predicted octanol–water partition coefficient (Wildman–Crippen LogP) is 4.39. The van der Waals surface area contributed by atoms with Crippen molar-refractivity contribution in [2.24, 2.45) is 7.05 Å². The monoisotopic (exact) mass is 298 g/mol. The van der Waals surface area contributed by atoms with Gasteiger partial charge in [0.15, 0.2) is 0 Å². The van der Waals surface area contributed by atoms with Gasteiger partial charge >= 0.3 is 0 Å². The van der Waals surface area contributed by atoms with E-state index in [1.165, 1.54) is 0 Å². The number of amides is 1. The van der Waals surface area contributed by atoms with Crippen LogP contribution in [-0.2, 0) is 7.05 Å². The van der Waals surface area contributed by atoms with Crippen molar-refractivity contribution in [3.8, 4) is 0 Å². The number of hydrogen-bond donors (Lipinski definition) is 1. The summed E-state index contributed by atoms with van der Waals surface area (Å²) in [4.78, 5) is 12.4. The van der Waals surface area contributed by atoms with E-state index < -0.39 is 0 Å². The van der Waals surface area contributed by atoms with Crippen LogP contribution >= 0.6 is 11.6 Å². The lowest BCUT2D eigenvalue weighted by molar-refractivity contribution is 0.102. The highest BCUT2D eigenvalue weighted by molar-refractivity contribution is 6.31. The molecule has 1 N–H and O–H groups in total. The van der Waals surface area contributed by atoms with Crippen molar-refractivity contribution in [3.63, 3.8) is 0 Å². The predicted molar refractivity (Wildman–Crippen MR) is 87.1 cm³/mol. The first-order valence-corrected chi connectivity index (χ1v) is 7.05. The normalized spacial score (nSPS) is 10.8. The Morgan fingerprint density at radius 1 is 1.10 bits per heavy atom. The van der Waals surface area contributed by atoms with Crippen molar-refractivity contribution in [1.29, 1.82) is 0 Å². The Morgan fingerprint density at radius 3 is 2.52 bits per heavy atom. The average Bonchev–Trinajstić information content (AvgIpc) is 2.79. The standard InChI is InChI=1S/C17H15ClN2O/c1-11-3-7-14(8-4-11)19-17(21)16-9-12-5-6-13(18)10-15(12)20(16)2/h3-10H,1-2H3,(H,19,21). The molecule has 0 atom stereocenters. The molecule has 1 aromatic heterocycles. The summed E-state index contributed by atoms with van der Waals surface area (Å²) < 4.78 is 1.85. The molecule has 2 aromatic carbocycles. The Hall–Kier alpha value is -2.26. The molecule has 0 unspecified atom stereocenters. The van der Waals surface area contributed by atoms with Crippen LogP contribution in [-0.4, -0.2) is 10.5 Å². The first-order valence-electron chi connectivity index (χ1n) is 6.67. The van der Waals surface area contributed by atoms with E-state index in [1.54, 1.807) is 0 Å². The van der Waals surface area contributed by atoms with Crippen molar-refractivity contribution in [2.45, 2.75) is 6.92 Å². The van der Waals surface area contributed by atoms with Crippen LogP contribution in [0.25, 0.3) is 10.9 Å². The minimum atomic E-state index is -0.131. The van der Waals surface area contributed by atoms with Crippen LogP contribution in [0.3, 0.4) is 0 Å². The summed E-state index contributed by atoms with van der Waals surface area (Å²) in [7, 11) is 1.86. The van der Waals surface area contributed by atoms with Crippen LogP contribution in [0.15, 0.2) is 48.5 Å². The van der Waals surface area contributed by atoms with E-state index in [2.05, 4.69) is 5.32 Å². The van der Waals surface area contributed by atoms with E-state index in [1.807, 2.05) is 67.1 Å². The van der Waals surface area contributed by atoms with Gasteiger partial charge in [-0.15, -0.1) is 0 Å². The van der Waals surface area contributed by atoms with Gasteiger partial charge in [-0.1, -0.05) is 35.4 Å². The molecule has 0 saturated carbocycles. The largest absolute Gasteiger partial charge is 0.340 e. The number of nitrogens with zero attached hydrogens (tertiary/aromatic N) is 1. The zero-order chi connectivity index (χ0) is 15.0. The zero-order valence-corrected chi connectivity index (χ0v) is 12.6. The molecule has 3 nitrogen and oxygen atoms in total. The first kappa shape index (κ1) is 13.7. The molecule has 3 rings (SSSR count). The molecule has 106 valence electrons. The van der Waals surface area contributed by atoms with E-state index in [0.29, 0.717) is 10.7 Å². The Morgan fingerprint density at radius 2 is 1.81 bits per heavy atom. The fraction of sp³-hybridized carbons (Fsp3) is 0.118. The molecule has 0 radical (unpaired) electrons. The topological polar surface area (TPSA) is 34.0 Å². The Balaban J connectivity index is 1.94. The van der Waals surface area contributed by atoms with E-state index in [9.17, 15) is 4.79 Å². The van der Waals surface area contributed by atoms with Gasteiger partial charge in [0.1, 0.15) is 5.69 Å². The molecule has 0 saturated heterocycles. The smallest absolute Gasteiger partial charge is 0.272 e. The molecule has 3 aromatic rings. The van der Waals surface area contributed by atoms with E-state index in [-0.39, 0.29) is 5.91 Å². The molecule has 0 spiro atoms. The third-order valence-corrected chi connectivity index (χ3v) is 3.78. The second-order valence-electron chi connectivity index (χ2n) is 5.11. The fourth-order valence-corrected chi connectivity index (χ4v) is 2.52. The lowest BCUT2D eigenvalue weighted by atomic mass is 10.2. The van der Waals surface area contributed by atoms with Gasteiger partial charge in [-0.25, -0.2) is 0 Å². The average molecular weight is 299 g/mol. The quantitative estimate of drug-likeness (QED) is 0.748. The second kappa shape index (κ2) is 5.26. The van der Waals surface area contributed by atoms with Crippen LogP contribution in [0.5, 0.6) is 0 Å². The summed E-state index contributed by atoms with van der Waals surface area (Å²) in [6.45, 7) is 2.01. The van der Waals surface area contributed by atoms with Crippen LogP contribution in [0.2, 0.25) is 5.02 Å². The summed E-state index contributed by atoms with van der Waals surface area (Å²) in [6, 6.07) is 15.2. The highest BCUT2D eigenvalue weighted by atomic mass is 35.5. The highest BCUT2D eigenvalue weighted by Gasteiger charge is 2.13. The van der Waals surface area contributed by atoms with Gasteiger partial charge in [0.25, 0.3) is 5.91 Å². The van der Waals surface area contributed by atoms with Crippen molar-refractivity contribution < 1.29 is 4.79 Å². The number of benzene rings is 2. The van der Waals surface area contributed by atoms with Crippen LogP contribution in [0, 0.1) is 6.92 Å². The van der Waals surface area contributed by atoms with Gasteiger partial charge < -0.3 is 9.88 Å². The summed E-state index contributed by atoms with van der Waals surface area (Å²) in [5, 5.41) is 4.57. The van der Waals surface area contributed by atoms with E-state index in [0.717, 1.165) is 22.2 Å². The highest BCUT2D eigenvalue weighted by Crippen LogP contribution is 2.23. The van der Waals surface area contributed by atoms with Crippen LogP contribution < -0.4 is 5.32 Å². The van der Waals surface area contributed by atoms with Crippen LogP contribution in [0.4, 0.5) is 5.69 Å². The molecule has 0 aliphatic carbocycles. The first-order chi connectivity index (χ1) is 10.0. The van der Waals surface area contributed by atoms with Gasteiger partial charge in [-0.05, 0) is 37.3 Å². The molecule has 21 heavy (non-hydrogen) atoms. The zero-order valence-electron chi connectivity index (χ0n) is 11.9. The van der Waals surface area contributed by atoms with Crippen molar-refractivity contribution >= 4 is 34.1 Å². The van der Waals surface area contributed by atoms with Crippen molar-refractivity contribution in [2.75, 3.05) is 5.32 Å². The van der Waals surface area contributed by atoms with E-state index >= 15 is 0 Å². The molecule has 0 fully saturated rings. The number of fused-ring (bicyclic) bond motifs is 1. The number of aromatic nitrogens is 1. The summed E-state index contributed by atoms with van der Waals surface area (Å²) in [5.41, 5.74) is 3.49. The Bertz CT molecular complexity index is 819. The number of carbonyl (C=O) groups is 1. The second-order valence-corrected chi connectivity index (χ2v) is 5.55. The number of rotatable bonds is 2. The number of carbonyl (C=O) groups excluding carboxylic acids is 1. The fourth-order valence-electron chi connectivity index (χ4n) is 2.35. The van der Waals surface area contributed by atoms with Gasteiger partial charge in [-0.3, -0.25) is 4.79 Å². The Kier molecular flexibility index (Phi) is 3.43. The number of aryl methyl sites for hydroxylation is 2. The molecule has 0 bridgehead atoms. The molecule has 1 heterocycles. The lowest BCUT2D eigenvalue weighted by Crippen LogP contribution is -2.15. The molecular formula is C17H15ClN2O. The van der Waals surface area contributed by atoms with E-state index in [4.69, 9.17) is 11.6 Å². The van der Waals surface area contributed by atoms with Gasteiger partial charge in [0, 0.05) is 28.7 Å². The van der Waals surface area contributed by atoms with Crippen molar-refractivity contribution in [3.05, 3.63) is 64.8 Å². The molecule has 1 amide bonds. The lowest BCUT2D eigenvalue weighted by Gasteiger charge is -2.07. The van der Waals surface area contributed by atoms with Gasteiger partial charge in [-0.2, -0.15) is 0 Å². The molecule has 0 aliphatic rings. The van der Waals surface area contributed by atoms with Gasteiger partial charge in [0.05, 0.1) is 0 Å². The minimum absolute atomic E-state index is 0.131. The van der Waals surface area contributed by atoms with Gasteiger partial charge in [0.2, 0.25) is 0 Å².